The van der Waals surface area contributed by atoms with Gasteiger partial charge in [0.1, 0.15) is 0 Å². The van der Waals surface area contributed by atoms with E-state index < -0.39 is 0 Å². The van der Waals surface area contributed by atoms with Gasteiger partial charge in [0, 0.05) is 24.6 Å². The lowest BCUT2D eigenvalue weighted by atomic mass is 9.91. The zero-order chi connectivity index (χ0) is 13.8. The number of carbonyl (C=O) groups excluding carboxylic acids is 1. The molecule has 2 rings (SSSR count). The quantitative estimate of drug-likeness (QED) is 0.819. The molecule has 2 unspecified atom stereocenters. The average Bonchev–Trinajstić information content (AvgIpc) is 2.39. The third-order valence-corrected chi connectivity index (χ3v) is 4.40. The van der Waals surface area contributed by atoms with Crippen LogP contribution in [0.1, 0.15) is 46.5 Å². The molecule has 2 N–H and O–H groups in total. The molecule has 0 aromatic carbocycles. The Morgan fingerprint density at radius 1 is 1.32 bits per heavy atom. The first-order valence-electron chi connectivity index (χ1n) is 7.71. The maximum Gasteiger partial charge on any atom is 0.223 e. The lowest BCUT2D eigenvalue weighted by Gasteiger charge is -2.34. The van der Waals surface area contributed by atoms with E-state index in [0.29, 0.717) is 24.1 Å². The van der Waals surface area contributed by atoms with Gasteiger partial charge in [0.25, 0.3) is 0 Å². The van der Waals surface area contributed by atoms with E-state index in [0.717, 1.165) is 38.8 Å². The maximum atomic E-state index is 12.3. The molecular weight excluding hydrogens is 240 g/mol. The zero-order valence-corrected chi connectivity index (χ0v) is 12.4. The monoisotopic (exact) mass is 268 g/mol. The van der Waals surface area contributed by atoms with Crippen molar-refractivity contribution >= 4 is 5.91 Å². The van der Waals surface area contributed by atoms with Crippen molar-refractivity contribution in [3.63, 3.8) is 0 Å². The van der Waals surface area contributed by atoms with Crippen LogP contribution in [0.4, 0.5) is 0 Å². The van der Waals surface area contributed by atoms with E-state index >= 15 is 0 Å². The molecule has 110 valence electrons. The minimum Gasteiger partial charge on any atom is -0.378 e. The molecule has 0 aromatic heterocycles. The zero-order valence-electron chi connectivity index (χ0n) is 12.4. The van der Waals surface area contributed by atoms with E-state index in [9.17, 15) is 4.79 Å². The summed E-state index contributed by atoms with van der Waals surface area (Å²) in [6.07, 6.45) is 4.14. The lowest BCUT2D eigenvalue weighted by Crippen LogP contribution is -2.48. The Bertz CT molecular complexity index is 307. The molecule has 2 saturated heterocycles. The summed E-state index contributed by atoms with van der Waals surface area (Å²) in [5.74, 6) is 0.970. The number of piperidine rings is 1. The van der Waals surface area contributed by atoms with E-state index in [2.05, 4.69) is 31.4 Å². The Morgan fingerprint density at radius 2 is 2.11 bits per heavy atom. The fourth-order valence-corrected chi connectivity index (χ4v) is 3.11. The standard InChI is InChI=1S/C15H28N2O2/c1-10(2)14-9-13(5-7-19-14)17-15(18)12-4-6-16-11(3)8-12/h10-14,16H,4-9H2,1-3H3,(H,17,18)/t11-,12-,13?,14?/m0/s1. The van der Waals surface area contributed by atoms with Gasteiger partial charge in [-0.1, -0.05) is 13.8 Å². The van der Waals surface area contributed by atoms with E-state index in [4.69, 9.17) is 4.74 Å². The Morgan fingerprint density at radius 3 is 2.79 bits per heavy atom. The smallest absolute Gasteiger partial charge is 0.223 e. The molecule has 0 aromatic rings. The van der Waals surface area contributed by atoms with Gasteiger partial charge in [0.15, 0.2) is 0 Å². The highest BCUT2D eigenvalue weighted by Crippen LogP contribution is 2.22. The summed E-state index contributed by atoms with van der Waals surface area (Å²) in [7, 11) is 0. The minimum atomic E-state index is 0.191. The second kappa shape index (κ2) is 6.71. The van der Waals surface area contributed by atoms with Crippen molar-refractivity contribution in [2.75, 3.05) is 13.2 Å². The molecule has 19 heavy (non-hydrogen) atoms. The average molecular weight is 268 g/mol. The minimum absolute atomic E-state index is 0.191. The summed E-state index contributed by atoms with van der Waals surface area (Å²) < 4.78 is 5.75. The molecule has 2 aliphatic rings. The van der Waals surface area contributed by atoms with Gasteiger partial charge in [-0.2, -0.15) is 0 Å². The maximum absolute atomic E-state index is 12.3. The summed E-state index contributed by atoms with van der Waals surface area (Å²) in [6, 6.07) is 0.765. The highest BCUT2D eigenvalue weighted by atomic mass is 16.5. The predicted molar refractivity (Wildman–Crippen MR) is 75.9 cm³/mol. The second-order valence-corrected chi connectivity index (χ2v) is 6.46. The highest BCUT2D eigenvalue weighted by Gasteiger charge is 2.29. The molecule has 2 fully saturated rings. The molecule has 1 amide bonds. The molecule has 4 atom stereocenters. The van der Waals surface area contributed by atoms with E-state index in [1.54, 1.807) is 0 Å². The first kappa shape index (κ1) is 14.8. The fraction of sp³-hybridized carbons (Fsp3) is 0.933. The van der Waals surface area contributed by atoms with E-state index in [-0.39, 0.29) is 11.8 Å². The molecule has 4 heteroatoms. The van der Waals surface area contributed by atoms with Crippen molar-refractivity contribution < 1.29 is 9.53 Å². The van der Waals surface area contributed by atoms with Gasteiger partial charge in [0.2, 0.25) is 5.91 Å². The Kier molecular flexibility index (Phi) is 5.22. The summed E-state index contributed by atoms with van der Waals surface area (Å²) in [5, 5.41) is 6.64. The van der Waals surface area contributed by atoms with Gasteiger partial charge in [-0.3, -0.25) is 4.79 Å². The molecule has 0 saturated carbocycles. The highest BCUT2D eigenvalue weighted by molar-refractivity contribution is 5.79. The van der Waals surface area contributed by atoms with E-state index in [1.807, 2.05) is 0 Å². The molecule has 0 radical (unpaired) electrons. The SMILES string of the molecule is CC(C)C1CC(NC(=O)[C@H]2CCN[C@@H](C)C2)CCO1. The van der Waals surface area contributed by atoms with Crippen LogP contribution in [0.25, 0.3) is 0 Å². The van der Waals surface area contributed by atoms with Gasteiger partial charge in [-0.15, -0.1) is 0 Å². The van der Waals surface area contributed by atoms with Crippen molar-refractivity contribution in [1.82, 2.24) is 10.6 Å². The molecular formula is C15H28N2O2. The fourth-order valence-electron chi connectivity index (χ4n) is 3.11. The molecule has 0 aliphatic carbocycles. The number of rotatable bonds is 3. The van der Waals surface area contributed by atoms with Crippen LogP contribution in [0.2, 0.25) is 0 Å². The van der Waals surface area contributed by atoms with Gasteiger partial charge in [0.05, 0.1) is 6.10 Å². The Labute approximate surface area is 116 Å². The van der Waals surface area contributed by atoms with Crippen LogP contribution in [0.15, 0.2) is 0 Å². The van der Waals surface area contributed by atoms with Gasteiger partial charge < -0.3 is 15.4 Å². The number of hydrogen-bond acceptors (Lipinski definition) is 3. The van der Waals surface area contributed by atoms with Crippen LogP contribution in [0, 0.1) is 11.8 Å². The van der Waals surface area contributed by atoms with Gasteiger partial charge >= 0.3 is 0 Å². The van der Waals surface area contributed by atoms with Crippen LogP contribution in [-0.2, 0) is 9.53 Å². The van der Waals surface area contributed by atoms with Crippen molar-refractivity contribution in [3.05, 3.63) is 0 Å². The predicted octanol–water partition coefficient (Wildman–Crippen LogP) is 1.69. The number of amides is 1. The molecule has 4 nitrogen and oxygen atoms in total. The summed E-state index contributed by atoms with van der Waals surface area (Å²) in [4.78, 5) is 12.3. The first-order chi connectivity index (χ1) is 9.06. The largest absolute Gasteiger partial charge is 0.378 e. The number of ether oxygens (including phenoxy) is 1. The van der Waals surface area contributed by atoms with Gasteiger partial charge in [-0.25, -0.2) is 0 Å². The van der Waals surface area contributed by atoms with Crippen molar-refractivity contribution in [3.8, 4) is 0 Å². The molecule has 2 heterocycles. The van der Waals surface area contributed by atoms with Crippen LogP contribution >= 0.6 is 0 Å². The number of hydrogen-bond donors (Lipinski definition) is 2. The van der Waals surface area contributed by atoms with Crippen molar-refractivity contribution in [2.45, 2.75) is 64.6 Å². The summed E-state index contributed by atoms with van der Waals surface area (Å²) in [5.41, 5.74) is 0. The van der Waals surface area contributed by atoms with Crippen LogP contribution in [0.5, 0.6) is 0 Å². The van der Waals surface area contributed by atoms with E-state index in [1.165, 1.54) is 0 Å². The topological polar surface area (TPSA) is 50.4 Å². The summed E-state index contributed by atoms with van der Waals surface area (Å²) >= 11 is 0. The number of carbonyl (C=O) groups is 1. The van der Waals surface area contributed by atoms with Crippen molar-refractivity contribution in [1.29, 1.82) is 0 Å². The summed E-state index contributed by atoms with van der Waals surface area (Å²) in [6.45, 7) is 8.26. The first-order valence-corrected chi connectivity index (χ1v) is 7.71. The molecule has 0 spiro atoms. The van der Waals surface area contributed by atoms with Crippen LogP contribution in [0.3, 0.4) is 0 Å². The van der Waals surface area contributed by atoms with Crippen LogP contribution < -0.4 is 10.6 Å². The molecule has 0 bridgehead atoms. The normalized spacial score (nSPS) is 36.2. The third-order valence-electron chi connectivity index (χ3n) is 4.40. The second-order valence-electron chi connectivity index (χ2n) is 6.46. The number of nitrogens with one attached hydrogen (secondary N) is 2. The van der Waals surface area contributed by atoms with Crippen LogP contribution in [-0.4, -0.2) is 37.2 Å². The molecule has 2 aliphatic heterocycles. The Hall–Kier alpha value is -0.610. The van der Waals surface area contributed by atoms with Gasteiger partial charge in [-0.05, 0) is 45.1 Å². The van der Waals surface area contributed by atoms with Crippen molar-refractivity contribution in [2.24, 2.45) is 11.8 Å². The third kappa shape index (κ3) is 4.18. The Balaban J connectivity index is 1.81. The lowest BCUT2D eigenvalue weighted by molar-refractivity contribution is -0.128.